The van der Waals surface area contributed by atoms with E-state index >= 15 is 0 Å². The third kappa shape index (κ3) is 4.80. The third-order valence-corrected chi connectivity index (χ3v) is 7.62. The minimum atomic E-state index is -2.63. The molecule has 3 aromatic heterocycles. The van der Waals surface area contributed by atoms with E-state index < -0.39 is 5.92 Å². The Morgan fingerprint density at radius 1 is 0.927 bits per heavy atom. The number of pyridine rings is 2. The van der Waals surface area contributed by atoms with E-state index in [9.17, 15) is 13.2 Å². The molecule has 0 spiro atoms. The van der Waals surface area contributed by atoms with Crippen molar-refractivity contribution in [3.63, 3.8) is 0 Å². The van der Waals surface area contributed by atoms with Crippen LogP contribution in [0, 0.1) is 5.82 Å². The number of nitrogens with one attached hydrogen (secondary N) is 2. The summed E-state index contributed by atoms with van der Waals surface area (Å²) in [7, 11) is 1.93. The van der Waals surface area contributed by atoms with Gasteiger partial charge in [-0.15, -0.1) is 0 Å². The summed E-state index contributed by atoms with van der Waals surface area (Å²) in [6.45, 7) is 0.578. The zero-order valence-corrected chi connectivity index (χ0v) is 22.2. The molecule has 1 saturated heterocycles. The minimum Gasteiger partial charge on any atom is -0.337 e. The van der Waals surface area contributed by atoms with Crippen LogP contribution < -0.4 is 10.4 Å². The van der Waals surface area contributed by atoms with E-state index in [4.69, 9.17) is 4.98 Å². The number of hydrogen-bond donors (Lipinski definition) is 2. The van der Waals surface area contributed by atoms with Crippen molar-refractivity contribution in [2.75, 3.05) is 25.1 Å². The first-order valence-electron chi connectivity index (χ1n) is 13.3. The molecule has 41 heavy (non-hydrogen) atoms. The average Bonchev–Trinajstić information content (AvgIpc) is 3.55. The Morgan fingerprint density at radius 3 is 2.63 bits per heavy atom. The van der Waals surface area contributed by atoms with Crippen LogP contribution in [-0.2, 0) is 6.54 Å². The maximum absolute atomic E-state index is 14.0. The van der Waals surface area contributed by atoms with Crippen LogP contribution in [0.3, 0.4) is 0 Å². The SMILES string of the molecule is CN1NC=C(c2nc3c(-c4cccc(F)c4)cncc3[nH]2)c2cc(-c3cncc(CN4CCC(F)(F)C4)c3)ccc21. The van der Waals surface area contributed by atoms with E-state index in [1.54, 1.807) is 35.8 Å². The molecule has 10 heteroatoms. The van der Waals surface area contributed by atoms with Gasteiger partial charge in [-0.1, -0.05) is 18.2 Å². The summed E-state index contributed by atoms with van der Waals surface area (Å²) in [5.74, 6) is -2.31. The second kappa shape index (κ2) is 9.74. The first-order valence-corrected chi connectivity index (χ1v) is 13.3. The highest BCUT2D eigenvalue weighted by Crippen LogP contribution is 2.37. The van der Waals surface area contributed by atoms with Crippen molar-refractivity contribution in [2.24, 2.45) is 0 Å². The number of imidazole rings is 1. The van der Waals surface area contributed by atoms with Gasteiger partial charge >= 0.3 is 0 Å². The molecule has 206 valence electrons. The van der Waals surface area contributed by atoms with Gasteiger partial charge in [-0.2, -0.15) is 0 Å². The van der Waals surface area contributed by atoms with Gasteiger partial charge in [-0.05, 0) is 47.0 Å². The molecule has 0 atom stereocenters. The van der Waals surface area contributed by atoms with Crippen molar-refractivity contribution < 1.29 is 13.2 Å². The molecule has 7 nitrogen and oxygen atoms in total. The van der Waals surface area contributed by atoms with Crippen LogP contribution >= 0.6 is 0 Å². The molecule has 2 aromatic carbocycles. The summed E-state index contributed by atoms with van der Waals surface area (Å²) >= 11 is 0. The van der Waals surface area contributed by atoms with Crippen molar-refractivity contribution in [2.45, 2.75) is 18.9 Å². The number of likely N-dealkylation sites (tertiary alicyclic amines) is 1. The summed E-state index contributed by atoms with van der Waals surface area (Å²) in [4.78, 5) is 18.8. The van der Waals surface area contributed by atoms with E-state index in [2.05, 4.69) is 26.4 Å². The minimum absolute atomic E-state index is 0.108. The number of halogens is 3. The van der Waals surface area contributed by atoms with Crippen molar-refractivity contribution in [3.05, 3.63) is 102 Å². The van der Waals surface area contributed by atoms with Crippen LogP contribution in [0.4, 0.5) is 18.9 Å². The quantitative estimate of drug-likeness (QED) is 0.278. The molecule has 2 aliphatic rings. The normalized spacial score (nSPS) is 16.5. The highest BCUT2D eigenvalue weighted by atomic mass is 19.3. The van der Waals surface area contributed by atoms with Gasteiger partial charge in [0.25, 0.3) is 5.92 Å². The highest BCUT2D eigenvalue weighted by Gasteiger charge is 2.38. The lowest BCUT2D eigenvalue weighted by Crippen LogP contribution is -2.33. The predicted molar refractivity (Wildman–Crippen MR) is 152 cm³/mol. The lowest BCUT2D eigenvalue weighted by atomic mass is 9.96. The highest BCUT2D eigenvalue weighted by molar-refractivity contribution is 5.95. The summed E-state index contributed by atoms with van der Waals surface area (Å²) in [6, 6.07) is 14.5. The van der Waals surface area contributed by atoms with Gasteiger partial charge in [0.2, 0.25) is 0 Å². The van der Waals surface area contributed by atoms with Crippen molar-refractivity contribution in [1.29, 1.82) is 0 Å². The Labute approximate surface area is 234 Å². The van der Waals surface area contributed by atoms with Gasteiger partial charge in [0, 0.05) is 73.6 Å². The fourth-order valence-electron chi connectivity index (χ4n) is 5.59. The third-order valence-electron chi connectivity index (χ3n) is 7.62. The molecule has 0 aliphatic carbocycles. The van der Waals surface area contributed by atoms with Gasteiger partial charge in [-0.25, -0.2) is 18.2 Å². The van der Waals surface area contributed by atoms with Crippen LogP contribution in [0.25, 0.3) is 38.9 Å². The molecule has 2 N–H and O–H groups in total. The van der Waals surface area contributed by atoms with Crippen LogP contribution in [0.15, 0.2) is 79.5 Å². The molecule has 0 amide bonds. The van der Waals surface area contributed by atoms with Gasteiger partial charge in [0.1, 0.15) is 11.6 Å². The molecular weight excluding hydrogens is 527 g/mol. The van der Waals surface area contributed by atoms with Gasteiger partial charge < -0.3 is 10.4 Å². The standard InChI is InChI=1S/C31H26F3N7/c1-40-28-6-5-20(22-9-19(12-35-13-22)17-41-8-7-31(33,34)18-41)11-24(28)26(15-37-40)30-38-27-16-36-14-25(29(27)39-30)21-3-2-4-23(32)10-21/h2-6,9-16,37H,7-8,17-18H2,1H3,(H,38,39). The largest absolute Gasteiger partial charge is 0.337 e. The number of hydrazine groups is 1. The average molecular weight is 554 g/mol. The van der Waals surface area contributed by atoms with Crippen molar-refractivity contribution in [1.82, 2.24) is 30.3 Å². The maximum atomic E-state index is 14.0. The number of rotatable bonds is 5. The molecule has 7 rings (SSSR count). The molecular formula is C31H26F3N7. The van der Waals surface area contributed by atoms with Gasteiger partial charge in [-0.3, -0.25) is 19.9 Å². The number of fused-ring (bicyclic) bond motifs is 2. The second-order valence-corrected chi connectivity index (χ2v) is 10.6. The summed E-state index contributed by atoms with van der Waals surface area (Å²) in [5, 5.41) is 1.92. The Balaban J connectivity index is 1.25. The molecule has 0 saturated carbocycles. The van der Waals surface area contributed by atoms with Crippen LogP contribution in [0.2, 0.25) is 0 Å². The molecule has 2 aliphatic heterocycles. The second-order valence-electron chi connectivity index (χ2n) is 10.6. The number of alkyl halides is 2. The van der Waals surface area contributed by atoms with Crippen LogP contribution in [-0.4, -0.2) is 50.9 Å². The number of H-pyrrole nitrogens is 1. The Bertz CT molecular complexity index is 1810. The molecule has 1 fully saturated rings. The van der Waals surface area contributed by atoms with E-state index in [1.165, 1.54) is 12.1 Å². The topological polar surface area (TPSA) is 73.0 Å². The molecule has 5 heterocycles. The Kier molecular flexibility index (Phi) is 6.01. The number of hydrogen-bond acceptors (Lipinski definition) is 6. The lowest BCUT2D eigenvalue weighted by Gasteiger charge is -2.28. The fraction of sp³-hybridized carbons (Fsp3) is 0.194. The molecule has 0 bridgehead atoms. The van der Waals surface area contributed by atoms with E-state index in [1.807, 2.05) is 42.5 Å². The molecule has 5 aromatic rings. The van der Waals surface area contributed by atoms with E-state index in [0.717, 1.165) is 44.6 Å². The summed E-state index contributed by atoms with van der Waals surface area (Å²) < 4.78 is 41.4. The van der Waals surface area contributed by atoms with Gasteiger partial charge in [0.05, 0.1) is 29.5 Å². The first-order chi connectivity index (χ1) is 19.8. The predicted octanol–water partition coefficient (Wildman–Crippen LogP) is 6.01. The van der Waals surface area contributed by atoms with Crippen LogP contribution in [0.1, 0.15) is 23.4 Å². The zero-order valence-electron chi connectivity index (χ0n) is 22.2. The smallest absolute Gasteiger partial charge is 0.261 e. The number of aromatic nitrogens is 4. The lowest BCUT2D eigenvalue weighted by molar-refractivity contribution is 0.0115. The monoisotopic (exact) mass is 553 g/mol. The number of benzene rings is 2. The molecule has 0 unspecified atom stereocenters. The van der Waals surface area contributed by atoms with E-state index in [-0.39, 0.29) is 18.8 Å². The number of aromatic amines is 1. The summed E-state index contributed by atoms with van der Waals surface area (Å²) in [5.41, 5.74) is 11.6. The van der Waals surface area contributed by atoms with Crippen molar-refractivity contribution >= 4 is 22.3 Å². The van der Waals surface area contributed by atoms with Crippen molar-refractivity contribution in [3.8, 4) is 22.3 Å². The number of nitrogens with zero attached hydrogens (tertiary/aromatic N) is 5. The number of anilines is 1. The maximum Gasteiger partial charge on any atom is 0.261 e. The Hall–Kier alpha value is -4.70. The van der Waals surface area contributed by atoms with Crippen LogP contribution in [0.5, 0.6) is 0 Å². The Morgan fingerprint density at radius 2 is 1.80 bits per heavy atom. The summed E-state index contributed by atoms with van der Waals surface area (Å²) in [6.07, 6.45) is 8.71. The zero-order chi connectivity index (χ0) is 28.1. The molecule has 0 radical (unpaired) electrons. The van der Waals surface area contributed by atoms with Gasteiger partial charge in [0.15, 0.2) is 0 Å². The first kappa shape index (κ1) is 25.3. The fourth-order valence-corrected chi connectivity index (χ4v) is 5.59. The van der Waals surface area contributed by atoms with E-state index in [0.29, 0.717) is 30.0 Å².